The topological polar surface area (TPSA) is 92.5 Å². The van der Waals surface area contributed by atoms with Gasteiger partial charge in [0, 0.05) is 37.0 Å². The van der Waals surface area contributed by atoms with Gasteiger partial charge in [0.15, 0.2) is 0 Å². The summed E-state index contributed by atoms with van der Waals surface area (Å²) in [5.41, 5.74) is 5.90. The largest absolute Gasteiger partial charge is 0.356 e. The van der Waals surface area contributed by atoms with E-state index in [1.54, 1.807) is 10.4 Å². The van der Waals surface area contributed by atoms with Gasteiger partial charge in [0.25, 0.3) is 10.0 Å². The Balaban J connectivity index is 2.06. The molecule has 1 aliphatic rings. The van der Waals surface area contributed by atoms with E-state index in [0.717, 1.165) is 4.88 Å². The van der Waals surface area contributed by atoms with Crippen LogP contribution in [0.3, 0.4) is 0 Å². The Morgan fingerprint density at radius 3 is 2.86 bits per heavy atom. The van der Waals surface area contributed by atoms with Gasteiger partial charge in [0.05, 0.1) is 0 Å². The molecule has 2 rings (SSSR count). The summed E-state index contributed by atoms with van der Waals surface area (Å²) in [7, 11) is -3.45. The van der Waals surface area contributed by atoms with Gasteiger partial charge in [-0.05, 0) is 38.3 Å². The van der Waals surface area contributed by atoms with Gasteiger partial charge in [0.2, 0.25) is 5.91 Å². The molecule has 1 aromatic heterocycles. The van der Waals surface area contributed by atoms with E-state index in [2.05, 4.69) is 5.32 Å². The molecule has 124 valence electrons. The predicted octanol–water partition coefficient (Wildman–Crippen LogP) is 0.927. The van der Waals surface area contributed by atoms with Crippen molar-refractivity contribution in [3.63, 3.8) is 0 Å². The van der Waals surface area contributed by atoms with Gasteiger partial charge in [-0.25, -0.2) is 8.42 Å². The normalized spacial score (nSPS) is 23.4. The summed E-state index contributed by atoms with van der Waals surface area (Å²) in [4.78, 5) is 11.8. The number of rotatable bonds is 5. The number of piperidine rings is 1. The summed E-state index contributed by atoms with van der Waals surface area (Å²) in [6.45, 7) is 4.36. The van der Waals surface area contributed by atoms with Crippen LogP contribution in [0.2, 0.25) is 0 Å². The van der Waals surface area contributed by atoms with E-state index in [9.17, 15) is 13.2 Å². The Labute approximate surface area is 135 Å². The molecule has 6 nitrogen and oxygen atoms in total. The number of thiophene rings is 1. The number of hydrogen-bond donors (Lipinski definition) is 2. The summed E-state index contributed by atoms with van der Waals surface area (Å²) >= 11 is 1.28. The number of nitrogens with zero attached hydrogens (tertiary/aromatic N) is 1. The van der Waals surface area contributed by atoms with Crippen LogP contribution in [0.4, 0.5) is 0 Å². The van der Waals surface area contributed by atoms with Crippen LogP contribution in [-0.2, 0) is 21.2 Å². The molecule has 0 spiro atoms. The van der Waals surface area contributed by atoms with Crippen molar-refractivity contribution in [1.29, 1.82) is 0 Å². The molecule has 1 amide bonds. The average molecular weight is 345 g/mol. The lowest BCUT2D eigenvalue weighted by molar-refractivity contribution is -0.118. The second-order valence-electron chi connectivity index (χ2n) is 5.70. The van der Waals surface area contributed by atoms with Crippen molar-refractivity contribution < 1.29 is 13.2 Å². The molecular formula is C14H23N3O3S2. The molecule has 2 heterocycles. The number of carbonyl (C=O) groups is 1. The van der Waals surface area contributed by atoms with Gasteiger partial charge in [0.1, 0.15) is 4.21 Å². The summed E-state index contributed by atoms with van der Waals surface area (Å²) in [6, 6.07) is 3.49. The first-order valence-electron chi connectivity index (χ1n) is 7.41. The van der Waals surface area contributed by atoms with Crippen molar-refractivity contribution in [2.45, 2.75) is 49.4 Å². The Morgan fingerprint density at radius 2 is 2.23 bits per heavy atom. The van der Waals surface area contributed by atoms with E-state index in [1.165, 1.54) is 18.3 Å². The first-order valence-corrected chi connectivity index (χ1v) is 9.67. The second-order valence-corrected chi connectivity index (χ2v) is 8.99. The minimum absolute atomic E-state index is 0.0707. The number of nitrogens with one attached hydrogen (secondary N) is 1. The Hall–Kier alpha value is -0.960. The quantitative estimate of drug-likeness (QED) is 0.830. The molecular weight excluding hydrogens is 322 g/mol. The number of amides is 1. The number of hydrogen-bond acceptors (Lipinski definition) is 5. The minimum Gasteiger partial charge on any atom is -0.356 e. The van der Waals surface area contributed by atoms with Crippen LogP contribution in [-0.4, -0.2) is 43.8 Å². The third kappa shape index (κ3) is 4.07. The standard InChI is InChI=1S/C14H23N3O3S2/c1-10-9-12(15)6-8-17(10)22(19,20)14-4-3-13(21-14)5-7-16-11(2)18/h3-4,10,12H,5-9,15H2,1-2H3,(H,16,18)/t10-,12-/m0/s1. The molecule has 0 bridgehead atoms. The smallest absolute Gasteiger partial charge is 0.252 e. The number of sulfonamides is 1. The highest BCUT2D eigenvalue weighted by Crippen LogP contribution is 2.29. The molecule has 1 fully saturated rings. The van der Waals surface area contributed by atoms with Gasteiger partial charge >= 0.3 is 0 Å². The molecule has 3 N–H and O–H groups in total. The van der Waals surface area contributed by atoms with Gasteiger partial charge in [-0.3, -0.25) is 4.79 Å². The Bertz CT molecular complexity index is 627. The molecule has 8 heteroatoms. The maximum Gasteiger partial charge on any atom is 0.252 e. The Kier molecular flexibility index (Phi) is 5.60. The Morgan fingerprint density at radius 1 is 1.50 bits per heavy atom. The lowest BCUT2D eigenvalue weighted by Gasteiger charge is -2.34. The molecule has 1 aliphatic heterocycles. The zero-order valence-corrected chi connectivity index (χ0v) is 14.5. The van der Waals surface area contributed by atoms with Gasteiger partial charge in [-0.15, -0.1) is 11.3 Å². The first kappa shape index (κ1) is 17.4. The third-order valence-electron chi connectivity index (χ3n) is 3.80. The van der Waals surface area contributed by atoms with Crippen molar-refractivity contribution in [3.8, 4) is 0 Å². The minimum atomic E-state index is -3.45. The van der Waals surface area contributed by atoms with Crippen LogP contribution < -0.4 is 11.1 Å². The van der Waals surface area contributed by atoms with Crippen molar-refractivity contribution >= 4 is 27.3 Å². The van der Waals surface area contributed by atoms with Crippen molar-refractivity contribution in [1.82, 2.24) is 9.62 Å². The zero-order chi connectivity index (χ0) is 16.3. The van der Waals surface area contributed by atoms with Crippen LogP contribution in [0, 0.1) is 0 Å². The fourth-order valence-corrected chi connectivity index (χ4v) is 5.79. The first-order chi connectivity index (χ1) is 10.3. The summed E-state index contributed by atoms with van der Waals surface area (Å²) < 4.78 is 27.4. The summed E-state index contributed by atoms with van der Waals surface area (Å²) in [5.74, 6) is -0.0807. The van der Waals surface area contributed by atoms with Crippen molar-refractivity contribution in [3.05, 3.63) is 17.0 Å². The molecule has 2 atom stereocenters. The molecule has 0 saturated carbocycles. The highest BCUT2D eigenvalue weighted by molar-refractivity contribution is 7.91. The fraction of sp³-hybridized carbons (Fsp3) is 0.643. The van der Waals surface area contributed by atoms with Crippen LogP contribution in [0.25, 0.3) is 0 Å². The molecule has 1 saturated heterocycles. The molecule has 0 aliphatic carbocycles. The van der Waals surface area contributed by atoms with E-state index < -0.39 is 10.0 Å². The predicted molar refractivity (Wildman–Crippen MR) is 87.3 cm³/mol. The second kappa shape index (κ2) is 7.08. The molecule has 0 unspecified atom stereocenters. The van der Waals surface area contributed by atoms with Crippen molar-refractivity contribution in [2.24, 2.45) is 5.73 Å². The monoisotopic (exact) mass is 345 g/mol. The van der Waals surface area contributed by atoms with E-state index in [4.69, 9.17) is 5.73 Å². The van der Waals surface area contributed by atoms with Crippen LogP contribution in [0.15, 0.2) is 16.3 Å². The average Bonchev–Trinajstić information content (AvgIpc) is 2.87. The van der Waals surface area contributed by atoms with Gasteiger partial charge in [-0.1, -0.05) is 0 Å². The maximum atomic E-state index is 12.7. The fourth-order valence-electron chi connectivity index (χ4n) is 2.65. The van der Waals surface area contributed by atoms with Gasteiger partial charge < -0.3 is 11.1 Å². The van der Waals surface area contributed by atoms with Crippen molar-refractivity contribution in [2.75, 3.05) is 13.1 Å². The molecule has 0 aromatic carbocycles. The zero-order valence-electron chi connectivity index (χ0n) is 12.9. The third-order valence-corrected chi connectivity index (χ3v) is 7.43. The van der Waals surface area contributed by atoms with Gasteiger partial charge in [-0.2, -0.15) is 4.31 Å². The molecule has 22 heavy (non-hydrogen) atoms. The summed E-state index contributed by atoms with van der Waals surface area (Å²) in [6.07, 6.45) is 2.03. The molecule has 1 aromatic rings. The van der Waals surface area contributed by atoms with Crippen LogP contribution in [0.1, 0.15) is 31.6 Å². The summed E-state index contributed by atoms with van der Waals surface area (Å²) in [5, 5.41) is 2.71. The van der Waals surface area contributed by atoms with E-state index >= 15 is 0 Å². The van der Waals surface area contributed by atoms with Crippen LogP contribution >= 0.6 is 11.3 Å². The lowest BCUT2D eigenvalue weighted by Crippen LogP contribution is -2.48. The highest BCUT2D eigenvalue weighted by atomic mass is 32.2. The maximum absolute atomic E-state index is 12.7. The van der Waals surface area contributed by atoms with E-state index in [0.29, 0.717) is 36.6 Å². The SMILES string of the molecule is CC(=O)NCCc1ccc(S(=O)(=O)N2CC[C@H](N)C[C@@H]2C)s1. The van der Waals surface area contributed by atoms with E-state index in [1.807, 2.05) is 13.0 Å². The van der Waals surface area contributed by atoms with E-state index in [-0.39, 0.29) is 18.0 Å². The number of nitrogens with two attached hydrogens (primary N) is 1. The van der Waals surface area contributed by atoms with Crippen LogP contribution in [0.5, 0.6) is 0 Å². The highest BCUT2D eigenvalue weighted by Gasteiger charge is 2.34. The molecule has 0 radical (unpaired) electrons. The number of carbonyl (C=O) groups excluding carboxylic acids is 1. The lowest BCUT2D eigenvalue weighted by atomic mass is 10.0.